The topological polar surface area (TPSA) is 72.2 Å². The molecule has 1 aromatic rings. The standard InChI is InChI=1S/C10H13ClN2O2S2/c11-9-3-1-8(2-4-9)5-6-13-17(14,15)7-10(12)16/h1-4,13H,5-7H2,(H2,12,16). The predicted octanol–water partition coefficient (Wildman–Crippen LogP) is 1.09. The van der Waals surface area contributed by atoms with E-state index in [1.54, 1.807) is 12.1 Å². The van der Waals surface area contributed by atoms with Crippen LogP contribution >= 0.6 is 23.8 Å². The molecular formula is C10H13ClN2O2S2. The molecule has 0 aliphatic heterocycles. The third-order valence-corrected chi connectivity index (χ3v) is 3.90. The minimum atomic E-state index is -3.40. The number of thiocarbonyl (C=S) groups is 1. The number of benzene rings is 1. The summed E-state index contributed by atoms with van der Waals surface area (Å²) < 4.78 is 25.2. The minimum absolute atomic E-state index is 0.0380. The van der Waals surface area contributed by atoms with Crippen LogP contribution in [0.25, 0.3) is 0 Å². The van der Waals surface area contributed by atoms with Gasteiger partial charge in [0.25, 0.3) is 0 Å². The van der Waals surface area contributed by atoms with Crippen LogP contribution in [0.15, 0.2) is 24.3 Å². The summed E-state index contributed by atoms with van der Waals surface area (Å²) >= 11 is 10.3. The lowest BCUT2D eigenvalue weighted by atomic mass is 10.2. The maximum Gasteiger partial charge on any atom is 0.218 e. The summed E-state index contributed by atoms with van der Waals surface area (Å²) in [7, 11) is -3.40. The van der Waals surface area contributed by atoms with Gasteiger partial charge in [-0.25, -0.2) is 13.1 Å². The molecule has 0 heterocycles. The lowest BCUT2D eigenvalue weighted by Gasteiger charge is -2.05. The molecule has 0 radical (unpaired) electrons. The van der Waals surface area contributed by atoms with Gasteiger partial charge in [-0.1, -0.05) is 36.0 Å². The van der Waals surface area contributed by atoms with Gasteiger partial charge in [-0.3, -0.25) is 0 Å². The Morgan fingerprint density at radius 2 is 1.94 bits per heavy atom. The molecule has 17 heavy (non-hydrogen) atoms. The maximum atomic E-state index is 11.4. The highest BCUT2D eigenvalue weighted by atomic mass is 35.5. The van der Waals surface area contributed by atoms with Gasteiger partial charge in [-0.15, -0.1) is 0 Å². The molecule has 0 amide bonds. The second-order valence-electron chi connectivity index (χ2n) is 3.50. The Balaban J connectivity index is 2.42. The fourth-order valence-corrected chi connectivity index (χ4v) is 2.72. The van der Waals surface area contributed by atoms with E-state index in [0.29, 0.717) is 18.0 Å². The molecule has 0 fully saturated rings. The first-order valence-corrected chi connectivity index (χ1v) is 7.33. The van der Waals surface area contributed by atoms with E-state index in [9.17, 15) is 8.42 Å². The summed E-state index contributed by atoms with van der Waals surface area (Å²) in [5, 5.41) is 0.655. The van der Waals surface area contributed by atoms with Crippen molar-refractivity contribution in [1.82, 2.24) is 4.72 Å². The number of hydrogen-bond acceptors (Lipinski definition) is 3. The molecule has 0 aromatic heterocycles. The molecule has 0 aliphatic rings. The fourth-order valence-electron chi connectivity index (χ4n) is 1.24. The summed E-state index contributed by atoms with van der Waals surface area (Å²) in [5.74, 6) is -0.317. The van der Waals surface area contributed by atoms with Crippen molar-refractivity contribution in [1.29, 1.82) is 0 Å². The Hall–Kier alpha value is -0.690. The van der Waals surface area contributed by atoms with Gasteiger partial charge in [0, 0.05) is 11.6 Å². The van der Waals surface area contributed by atoms with Gasteiger partial charge in [0.2, 0.25) is 10.0 Å². The van der Waals surface area contributed by atoms with Crippen LogP contribution in [0, 0.1) is 0 Å². The van der Waals surface area contributed by atoms with Crippen molar-refractivity contribution in [2.45, 2.75) is 6.42 Å². The van der Waals surface area contributed by atoms with Gasteiger partial charge >= 0.3 is 0 Å². The van der Waals surface area contributed by atoms with Crippen LogP contribution in [-0.2, 0) is 16.4 Å². The van der Waals surface area contributed by atoms with Gasteiger partial charge in [-0.2, -0.15) is 0 Å². The average molecular weight is 293 g/mol. The summed E-state index contributed by atoms with van der Waals surface area (Å²) in [5.41, 5.74) is 6.18. The molecular weight excluding hydrogens is 280 g/mol. The Kier molecular flexibility index (Phi) is 5.32. The third kappa shape index (κ3) is 5.97. The van der Waals surface area contributed by atoms with Crippen LogP contribution in [0.3, 0.4) is 0 Å². The molecule has 0 atom stereocenters. The molecule has 7 heteroatoms. The van der Waals surface area contributed by atoms with E-state index < -0.39 is 10.0 Å². The van der Waals surface area contributed by atoms with Crippen molar-refractivity contribution in [2.24, 2.45) is 5.73 Å². The zero-order valence-corrected chi connectivity index (χ0v) is 11.4. The fraction of sp³-hybridized carbons (Fsp3) is 0.300. The number of nitrogens with one attached hydrogen (secondary N) is 1. The van der Waals surface area contributed by atoms with E-state index >= 15 is 0 Å². The number of halogens is 1. The second kappa shape index (κ2) is 6.30. The van der Waals surface area contributed by atoms with Crippen LogP contribution < -0.4 is 10.5 Å². The van der Waals surface area contributed by atoms with E-state index in [1.807, 2.05) is 12.1 Å². The Labute approximate surface area is 111 Å². The van der Waals surface area contributed by atoms with Crippen molar-refractivity contribution in [3.8, 4) is 0 Å². The Morgan fingerprint density at radius 1 is 1.35 bits per heavy atom. The number of sulfonamides is 1. The minimum Gasteiger partial charge on any atom is -0.392 e. The molecule has 0 spiro atoms. The van der Waals surface area contributed by atoms with Crippen LogP contribution in [0.1, 0.15) is 5.56 Å². The van der Waals surface area contributed by atoms with Gasteiger partial charge < -0.3 is 5.73 Å². The largest absolute Gasteiger partial charge is 0.392 e. The number of rotatable bonds is 6. The Morgan fingerprint density at radius 3 is 2.47 bits per heavy atom. The van der Waals surface area contributed by atoms with Gasteiger partial charge in [-0.05, 0) is 24.1 Å². The summed E-state index contributed by atoms with van der Waals surface area (Å²) in [4.78, 5) is -0.0380. The molecule has 1 rings (SSSR count). The zero-order valence-electron chi connectivity index (χ0n) is 9.02. The lowest BCUT2D eigenvalue weighted by molar-refractivity contribution is 0.586. The van der Waals surface area contributed by atoms with Crippen molar-refractivity contribution in [3.05, 3.63) is 34.9 Å². The molecule has 94 valence electrons. The molecule has 0 unspecified atom stereocenters. The van der Waals surface area contributed by atoms with E-state index in [4.69, 9.17) is 17.3 Å². The molecule has 0 saturated carbocycles. The lowest BCUT2D eigenvalue weighted by Crippen LogP contribution is -2.33. The van der Waals surface area contributed by atoms with Gasteiger partial charge in [0.1, 0.15) is 5.75 Å². The maximum absolute atomic E-state index is 11.4. The third-order valence-electron chi connectivity index (χ3n) is 1.98. The van der Waals surface area contributed by atoms with Crippen molar-refractivity contribution < 1.29 is 8.42 Å². The summed E-state index contributed by atoms with van der Waals surface area (Å²) in [6, 6.07) is 7.23. The molecule has 1 aromatic carbocycles. The van der Waals surface area contributed by atoms with Crippen LogP contribution in [-0.4, -0.2) is 25.7 Å². The van der Waals surface area contributed by atoms with Crippen LogP contribution in [0.2, 0.25) is 5.02 Å². The zero-order chi connectivity index (χ0) is 12.9. The molecule has 0 saturated heterocycles. The van der Waals surface area contributed by atoms with Crippen molar-refractivity contribution in [3.63, 3.8) is 0 Å². The first-order valence-electron chi connectivity index (χ1n) is 4.89. The highest BCUT2D eigenvalue weighted by molar-refractivity contribution is 7.92. The number of hydrogen-bond donors (Lipinski definition) is 2. The summed E-state index contributed by atoms with van der Waals surface area (Å²) in [6.45, 7) is 0.312. The quantitative estimate of drug-likeness (QED) is 0.770. The second-order valence-corrected chi connectivity index (χ2v) is 6.26. The molecule has 0 aliphatic carbocycles. The average Bonchev–Trinajstić information content (AvgIpc) is 2.18. The van der Waals surface area contributed by atoms with E-state index in [-0.39, 0.29) is 10.7 Å². The van der Waals surface area contributed by atoms with Crippen LogP contribution in [0.4, 0.5) is 0 Å². The van der Waals surface area contributed by atoms with Crippen molar-refractivity contribution >= 4 is 38.8 Å². The molecule has 0 bridgehead atoms. The van der Waals surface area contributed by atoms with Crippen molar-refractivity contribution in [2.75, 3.05) is 12.3 Å². The Bertz CT molecular complexity index is 486. The van der Waals surface area contributed by atoms with E-state index in [0.717, 1.165) is 5.56 Å². The first kappa shape index (κ1) is 14.4. The monoisotopic (exact) mass is 292 g/mol. The normalized spacial score (nSPS) is 11.4. The first-order chi connectivity index (χ1) is 7.89. The number of nitrogens with two attached hydrogens (primary N) is 1. The van der Waals surface area contributed by atoms with Gasteiger partial charge in [0.05, 0.1) is 4.99 Å². The van der Waals surface area contributed by atoms with E-state index in [2.05, 4.69) is 16.9 Å². The smallest absolute Gasteiger partial charge is 0.218 e. The highest BCUT2D eigenvalue weighted by Crippen LogP contribution is 2.09. The molecule has 4 nitrogen and oxygen atoms in total. The SMILES string of the molecule is NC(=S)CS(=O)(=O)NCCc1ccc(Cl)cc1. The molecule has 3 N–H and O–H groups in total. The summed E-state index contributed by atoms with van der Waals surface area (Å²) in [6.07, 6.45) is 0.591. The predicted molar refractivity (Wildman–Crippen MR) is 73.7 cm³/mol. The van der Waals surface area contributed by atoms with Crippen LogP contribution in [0.5, 0.6) is 0 Å². The van der Waals surface area contributed by atoms with E-state index in [1.165, 1.54) is 0 Å². The van der Waals surface area contributed by atoms with Gasteiger partial charge in [0.15, 0.2) is 0 Å². The highest BCUT2D eigenvalue weighted by Gasteiger charge is 2.10.